The lowest BCUT2D eigenvalue weighted by Crippen LogP contribution is -2.15. The standard InChI is InChI=1S/C18H20N4O3/c1-12-11-19-17-13(5-4-6-15(17)25-3)16(12)20-18(23)14-7-8-22(21-14)9-10-24-2/h4-8,11H,9-10H2,1-3H3,(H,19,20,23). The van der Waals surface area contributed by atoms with Gasteiger partial charge >= 0.3 is 0 Å². The fourth-order valence-corrected chi connectivity index (χ4v) is 2.60. The number of methoxy groups -OCH3 is 2. The molecular formula is C18H20N4O3. The molecule has 0 fully saturated rings. The molecule has 25 heavy (non-hydrogen) atoms. The van der Waals surface area contributed by atoms with E-state index in [0.29, 0.717) is 35.8 Å². The van der Waals surface area contributed by atoms with Crippen molar-refractivity contribution in [2.75, 3.05) is 26.1 Å². The first-order valence-corrected chi connectivity index (χ1v) is 7.90. The van der Waals surface area contributed by atoms with Crippen LogP contribution in [0.1, 0.15) is 16.1 Å². The second-order valence-electron chi connectivity index (χ2n) is 5.58. The first kappa shape index (κ1) is 16.9. The van der Waals surface area contributed by atoms with Gasteiger partial charge in [0.25, 0.3) is 5.91 Å². The van der Waals surface area contributed by atoms with Crippen LogP contribution in [0.2, 0.25) is 0 Å². The van der Waals surface area contributed by atoms with E-state index < -0.39 is 0 Å². The molecule has 1 N–H and O–H groups in total. The first-order chi connectivity index (χ1) is 12.1. The molecule has 2 heterocycles. The summed E-state index contributed by atoms with van der Waals surface area (Å²) in [4.78, 5) is 17.0. The predicted octanol–water partition coefficient (Wildman–Crippen LogP) is 2.65. The Hall–Kier alpha value is -2.93. The highest BCUT2D eigenvalue weighted by Crippen LogP contribution is 2.31. The monoisotopic (exact) mass is 340 g/mol. The number of amides is 1. The SMILES string of the molecule is COCCn1ccc(C(=O)Nc2c(C)cnc3c(OC)cccc23)n1. The summed E-state index contributed by atoms with van der Waals surface area (Å²) >= 11 is 0. The molecule has 3 rings (SSSR count). The molecular weight excluding hydrogens is 320 g/mol. The number of nitrogens with zero attached hydrogens (tertiary/aromatic N) is 3. The molecule has 0 aliphatic carbocycles. The molecule has 1 amide bonds. The van der Waals surface area contributed by atoms with Crippen molar-refractivity contribution in [2.45, 2.75) is 13.5 Å². The van der Waals surface area contributed by atoms with Crippen LogP contribution in [0.25, 0.3) is 10.9 Å². The molecule has 0 bridgehead atoms. The molecule has 0 saturated carbocycles. The van der Waals surface area contributed by atoms with Crippen LogP contribution in [0, 0.1) is 6.92 Å². The second-order valence-corrected chi connectivity index (χ2v) is 5.58. The molecule has 0 spiro atoms. The number of hydrogen-bond donors (Lipinski definition) is 1. The Morgan fingerprint density at radius 1 is 1.28 bits per heavy atom. The number of para-hydroxylation sites is 1. The summed E-state index contributed by atoms with van der Waals surface area (Å²) in [6, 6.07) is 7.31. The van der Waals surface area contributed by atoms with E-state index in [1.165, 1.54) is 0 Å². The van der Waals surface area contributed by atoms with Crippen LogP contribution in [-0.4, -0.2) is 41.5 Å². The normalized spacial score (nSPS) is 10.8. The summed E-state index contributed by atoms with van der Waals surface area (Å²) in [6.45, 7) is 3.04. The summed E-state index contributed by atoms with van der Waals surface area (Å²) in [6.07, 6.45) is 3.48. The lowest BCUT2D eigenvalue weighted by atomic mass is 10.1. The molecule has 2 aromatic heterocycles. The molecule has 130 valence electrons. The number of carbonyl (C=O) groups excluding carboxylic acids is 1. The quantitative estimate of drug-likeness (QED) is 0.746. The summed E-state index contributed by atoms with van der Waals surface area (Å²) < 4.78 is 12.0. The minimum Gasteiger partial charge on any atom is -0.494 e. The van der Waals surface area contributed by atoms with Crippen LogP contribution < -0.4 is 10.1 Å². The third kappa shape index (κ3) is 3.46. The van der Waals surface area contributed by atoms with Crippen LogP contribution in [-0.2, 0) is 11.3 Å². The highest BCUT2D eigenvalue weighted by atomic mass is 16.5. The van der Waals surface area contributed by atoms with E-state index in [1.807, 2.05) is 25.1 Å². The van der Waals surface area contributed by atoms with E-state index in [1.54, 1.807) is 37.4 Å². The number of carbonyl (C=O) groups is 1. The van der Waals surface area contributed by atoms with Gasteiger partial charge in [0.2, 0.25) is 0 Å². The Morgan fingerprint density at radius 2 is 2.12 bits per heavy atom. The van der Waals surface area contributed by atoms with E-state index in [4.69, 9.17) is 9.47 Å². The molecule has 7 nitrogen and oxygen atoms in total. The number of nitrogens with one attached hydrogen (secondary N) is 1. The third-order valence-corrected chi connectivity index (χ3v) is 3.91. The lowest BCUT2D eigenvalue weighted by molar-refractivity contribution is 0.102. The maximum Gasteiger partial charge on any atom is 0.276 e. The number of ether oxygens (including phenoxy) is 2. The third-order valence-electron chi connectivity index (χ3n) is 3.91. The Bertz CT molecular complexity index is 904. The van der Waals surface area contributed by atoms with E-state index in [2.05, 4.69) is 15.4 Å². The Labute approximate surface area is 145 Å². The number of aryl methyl sites for hydroxylation is 1. The molecule has 1 aromatic carbocycles. The highest BCUT2D eigenvalue weighted by Gasteiger charge is 2.15. The molecule has 0 radical (unpaired) electrons. The van der Waals surface area contributed by atoms with E-state index >= 15 is 0 Å². The van der Waals surface area contributed by atoms with Crippen molar-refractivity contribution >= 4 is 22.5 Å². The zero-order valence-corrected chi connectivity index (χ0v) is 14.4. The van der Waals surface area contributed by atoms with Crippen molar-refractivity contribution in [2.24, 2.45) is 0 Å². The van der Waals surface area contributed by atoms with Crippen LogP contribution in [0.5, 0.6) is 5.75 Å². The number of benzene rings is 1. The summed E-state index contributed by atoms with van der Waals surface area (Å²) in [5.41, 5.74) is 2.63. The number of rotatable bonds is 6. The summed E-state index contributed by atoms with van der Waals surface area (Å²) in [7, 11) is 3.23. The van der Waals surface area contributed by atoms with E-state index in [0.717, 1.165) is 10.9 Å². The first-order valence-electron chi connectivity index (χ1n) is 7.90. The molecule has 0 unspecified atom stereocenters. The van der Waals surface area contributed by atoms with Gasteiger partial charge in [0.1, 0.15) is 11.3 Å². The van der Waals surface area contributed by atoms with Gasteiger partial charge in [-0.2, -0.15) is 5.10 Å². The largest absolute Gasteiger partial charge is 0.494 e. The van der Waals surface area contributed by atoms with Crippen molar-refractivity contribution in [3.8, 4) is 5.75 Å². The van der Waals surface area contributed by atoms with Gasteiger partial charge in [-0.25, -0.2) is 0 Å². The Balaban J connectivity index is 1.90. The summed E-state index contributed by atoms with van der Waals surface area (Å²) in [5.74, 6) is 0.395. The van der Waals surface area contributed by atoms with Crippen molar-refractivity contribution < 1.29 is 14.3 Å². The fraction of sp³-hybridized carbons (Fsp3) is 0.278. The number of fused-ring (bicyclic) bond motifs is 1. The molecule has 0 saturated heterocycles. The van der Waals surface area contributed by atoms with Crippen LogP contribution >= 0.6 is 0 Å². The Kier molecular flexibility index (Phi) is 4.95. The van der Waals surface area contributed by atoms with E-state index in [-0.39, 0.29) is 5.91 Å². The van der Waals surface area contributed by atoms with Gasteiger partial charge in [0, 0.05) is 24.9 Å². The maximum absolute atomic E-state index is 12.6. The van der Waals surface area contributed by atoms with Gasteiger partial charge < -0.3 is 14.8 Å². The number of anilines is 1. The molecule has 0 atom stereocenters. The molecule has 7 heteroatoms. The molecule has 0 aliphatic heterocycles. The van der Waals surface area contributed by atoms with Crippen LogP contribution in [0.3, 0.4) is 0 Å². The van der Waals surface area contributed by atoms with Crippen molar-refractivity contribution in [1.29, 1.82) is 0 Å². The highest BCUT2D eigenvalue weighted by molar-refractivity contribution is 6.09. The van der Waals surface area contributed by atoms with Gasteiger partial charge in [0.05, 0.1) is 25.9 Å². The van der Waals surface area contributed by atoms with Crippen LogP contribution in [0.4, 0.5) is 5.69 Å². The zero-order chi connectivity index (χ0) is 17.8. The van der Waals surface area contributed by atoms with Crippen LogP contribution in [0.15, 0.2) is 36.7 Å². The van der Waals surface area contributed by atoms with Gasteiger partial charge in [0.15, 0.2) is 5.69 Å². The summed E-state index contributed by atoms with van der Waals surface area (Å²) in [5, 5.41) is 8.05. The minimum atomic E-state index is -0.269. The fourth-order valence-electron chi connectivity index (χ4n) is 2.60. The van der Waals surface area contributed by atoms with Gasteiger partial charge in [-0.1, -0.05) is 12.1 Å². The predicted molar refractivity (Wildman–Crippen MR) is 95.1 cm³/mol. The lowest BCUT2D eigenvalue weighted by Gasteiger charge is -2.12. The molecule has 3 aromatic rings. The van der Waals surface area contributed by atoms with Gasteiger partial charge in [-0.15, -0.1) is 0 Å². The van der Waals surface area contributed by atoms with Gasteiger partial charge in [-0.3, -0.25) is 14.5 Å². The second kappa shape index (κ2) is 7.31. The minimum absolute atomic E-state index is 0.269. The Morgan fingerprint density at radius 3 is 2.88 bits per heavy atom. The van der Waals surface area contributed by atoms with E-state index in [9.17, 15) is 4.79 Å². The number of hydrogen-bond acceptors (Lipinski definition) is 5. The maximum atomic E-state index is 12.6. The van der Waals surface area contributed by atoms with Crippen molar-refractivity contribution in [1.82, 2.24) is 14.8 Å². The smallest absolute Gasteiger partial charge is 0.276 e. The molecule has 0 aliphatic rings. The average molecular weight is 340 g/mol. The van der Waals surface area contributed by atoms with Crippen molar-refractivity contribution in [3.05, 3.63) is 47.9 Å². The topological polar surface area (TPSA) is 78.3 Å². The van der Waals surface area contributed by atoms with Gasteiger partial charge in [-0.05, 0) is 24.6 Å². The number of aromatic nitrogens is 3. The van der Waals surface area contributed by atoms with Crippen molar-refractivity contribution in [3.63, 3.8) is 0 Å². The number of pyridine rings is 1. The average Bonchev–Trinajstić information content (AvgIpc) is 3.10. The zero-order valence-electron chi connectivity index (χ0n) is 14.4.